The molecule has 6 nitrogen and oxygen atoms in total. The Bertz CT molecular complexity index is 821. The Morgan fingerprint density at radius 2 is 1.82 bits per heavy atom. The van der Waals surface area contributed by atoms with E-state index in [-0.39, 0.29) is 35.8 Å². The van der Waals surface area contributed by atoms with Crippen LogP contribution in [0.1, 0.15) is 15.9 Å². The van der Waals surface area contributed by atoms with Gasteiger partial charge in [-0.15, -0.1) is 24.0 Å². The van der Waals surface area contributed by atoms with Gasteiger partial charge < -0.3 is 20.3 Å². The number of hydrogen-bond acceptors (Lipinski definition) is 4. The second-order valence-corrected chi connectivity index (χ2v) is 6.32. The number of halogens is 2. The summed E-state index contributed by atoms with van der Waals surface area (Å²) in [5.74, 6) is -0.118. The SMILES string of the molecule is COC(=O)c1cccc(CN=C(N)N2CCN(c3ccc(F)cc3)CC2)c1.I. The summed E-state index contributed by atoms with van der Waals surface area (Å²) < 4.78 is 17.8. The minimum absolute atomic E-state index is 0. The van der Waals surface area contributed by atoms with E-state index in [0.29, 0.717) is 18.1 Å². The van der Waals surface area contributed by atoms with Gasteiger partial charge in [0, 0.05) is 31.9 Å². The zero-order valence-corrected chi connectivity index (χ0v) is 18.0. The zero-order chi connectivity index (χ0) is 19.2. The lowest BCUT2D eigenvalue weighted by atomic mass is 10.1. The van der Waals surface area contributed by atoms with E-state index < -0.39 is 0 Å². The molecule has 28 heavy (non-hydrogen) atoms. The van der Waals surface area contributed by atoms with Gasteiger partial charge in [0.25, 0.3) is 0 Å². The van der Waals surface area contributed by atoms with Crippen LogP contribution in [0.4, 0.5) is 10.1 Å². The van der Waals surface area contributed by atoms with Gasteiger partial charge in [0.1, 0.15) is 5.82 Å². The van der Waals surface area contributed by atoms with Crippen molar-refractivity contribution < 1.29 is 13.9 Å². The molecule has 1 aliphatic heterocycles. The third-order valence-corrected chi connectivity index (χ3v) is 4.57. The predicted molar refractivity (Wildman–Crippen MR) is 119 cm³/mol. The number of methoxy groups -OCH3 is 1. The molecule has 0 aromatic heterocycles. The van der Waals surface area contributed by atoms with Crippen molar-refractivity contribution in [3.05, 3.63) is 65.5 Å². The molecule has 0 amide bonds. The maximum Gasteiger partial charge on any atom is 0.337 e. The molecule has 1 fully saturated rings. The van der Waals surface area contributed by atoms with Crippen molar-refractivity contribution in [3.8, 4) is 0 Å². The van der Waals surface area contributed by atoms with Crippen molar-refractivity contribution in [2.24, 2.45) is 10.7 Å². The van der Waals surface area contributed by atoms with Crippen LogP contribution in [0.2, 0.25) is 0 Å². The quantitative estimate of drug-likeness (QED) is 0.304. The standard InChI is InChI=1S/C20H23FN4O2.HI/c1-27-19(26)16-4-2-3-15(13-16)14-23-20(22)25-11-9-24(10-12-25)18-7-5-17(21)6-8-18;/h2-8,13H,9-12,14H2,1H3,(H2,22,23);1H. The normalized spacial score (nSPS) is 14.4. The smallest absolute Gasteiger partial charge is 0.337 e. The first-order chi connectivity index (χ1) is 13.1. The molecule has 3 rings (SSSR count). The van der Waals surface area contributed by atoms with Crippen LogP contribution < -0.4 is 10.6 Å². The zero-order valence-electron chi connectivity index (χ0n) is 15.7. The van der Waals surface area contributed by atoms with E-state index in [2.05, 4.69) is 9.89 Å². The molecule has 0 saturated carbocycles. The first kappa shape index (κ1) is 21.9. The number of rotatable bonds is 4. The van der Waals surface area contributed by atoms with Gasteiger partial charge in [0.15, 0.2) is 5.96 Å². The lowest BCUT2D eigenvalue weighted by Crippen LogP contribution is -2.51. The van der Waals surface area contributed by atoms with Crippen molar-refractivity contribution in [2.45, 2.75) is 6.54 Å². The van der Waals surface area contributed by atoms with Crippen molar-refractivity contribution in [2.75, 3.05) is 38.2 Å². The molecule has 0 radical (unpaired) electrons. The van der Waals surface area contributed by atoms with Gasteiger partial charge in [-0.1, -0.05) is 12.1 Å². The molecule has 2 N–H and O–H groups in total. The number of hydrogen-bond donors (Lipinski definition) is 1. The monoisotopic (exact) mass is 498 g/mol. The van der Waals surface area contributed by atoms with Crippen LogP contribution in [0.25, 0.3) is 0 Å². The number of carbonyl (C=O) groups excluding carboxylic acids is 1. The Labute approximate surface area is 181 Å². The maximum atomic E-state index is 13.1. The summed E-state index contributed by atoms with van der Waals surface area (Å²) in [6.45, 7) is 3.47. The van der Waals surface area contributed by atoms with Gasteiger partial charge in [0.05, 0.1) is 19.2 Å². The van der Waals surface area contributed by atoms with Gasteiger partial charge >= 0.3 is 5.97 Å². The van der Waals surface area contributed by atoms with Gasteiger partial charge in [-0.3, -0.25) is 0 Å². The first-order valence-corrected chi connectivity index (χ1v) is 8.79. The lowest BCUT2D eigenvalue weighted by molar-refractivity contribution is 0.0600. The Hall–Kier alpha value is -2.36. The van der Waals surface area contributed by atoms with Gasteiger partial charge in [-0.2, -0.15) is 0 Å². The van der Waals surface area contributed by atoms with E-state index in [1.165, 1.54) is 19.2 Å². The Balaban J connectivity index is 0.00000280. The molecule has 150 valence electrons. The summed E-state index contributed by atoms with van der Waals surface area (Å²) in [5.41, 5.74) is 8.54. The number of nitrogens with zero attached hydrogens (tertiary/aromatic N) is 3. The minimum Gasteiger partial charge on any atom is -0.465 e. The third-order valence-electron chi connectivity index (χ3n) is 4.57. The van der Waals surface area contributed by atoms with E-state index in [0.717, 1.165) is 37.4 Å². The molecule has 0 aliphatic carbocycles. The second-order valence-electron chi connectivity index (χ2n) is 6.32. The molecule has 2 aromatic rings. The largest absolute Gasteiger partial charge is 0.465 e. The Morgan fingerprint density at radius 3 is 2.46 bits per heavy atom. The molecule has 8 heteroatoms. The molecule has 1 aliphatic rings. The van der Waals surface area contributed by atoms with E-state index in [1.807, 2.05) is 11.0 Å². The van der Waals surface area contributed by atoms with E-state index in [1.54, 1.807) is 30.3 Å². The van der Waals surface area contributed by atoms with Crippen molar-refractivity contribution in [1.29, 1.82) is 0 Å². The van der Waals surface area contributed by atoms with Crippen LogP contribution in [0.3, 0.4) is 0 Å². The fourth-order valence-corrected chi connectivity index (χ4v) is 3.03. The van der Waals surface area contributed by atoms with Crippen molar-refractivity contribution >= 4 is 41.6 Å². The average molecular weight is 498 g/mol. The van der Waals surface area contributed by atoms with Gasteiger partial charge in [0.2, 0.25) is 0 Å². The number of nitrogens with two attached hydrogens (primary N) is 1. The highest BCUT2D eigenvalue weighted by atomic mass is 127. The summed E-state index contributed by atoms with van der Waals surface area (Å²) in [4.78, 5) is 20.3. The summed E-state index contributed by atoms with van der Waals surface area (Å²) in [7, 11) is 1.36. The molecule has 0 bridgehead atoms. The number of piperazine rings is 1. The summed E-state index contributed by atoms with van der Waals surface area (Å²) >= 11 is 0. The van der Waals surface area contributed by atoms with E-state index >= 15 is 0 Å². The number of esters is 1. The van der Waals surface area contributed by atoms with Crippen molar-refractivity contribution in [3.63, 3.8) is 0 Å². The average Bonchev–Trinajstić information content (AvgIpc) is 2.72. The molecule has 0 spiro atoms. The number of carbonyl (C=O) groups is 1. The van der Waals surface area contributed by atoms with Crippen LogP contribution >= 0.6 is 24.0 Å². The fourth-order valence-electron chi connectivity index (χ4n) is 3.03. The van der Waals surface area contributed by atoms with Crippen LogP contribution in [0.5, 0.6) is 0 Å². The second kappa shape index (κ2) is 10.3. The number of aliphatic imine (C=N–C) groups is 1. The van der Waals surface area contributed by atoms with Crippen LogP contribution in [-0.2, 0) is 11.3 Å². The number of ether oxygens (including phenoxy) is 1. The van der Waals surface area contributed by atoms with Crippen LogP contribution in [0.15, 0.2) is 53.5 Å². The topological polar surface area (TPSA) is 71.2 Å². The highest BCUT2D eigenvalue weighted by molar-refractivity contribution is 14.0. The summed E-state index contributed by atoms with van der Waals surface area (Å²) in [6, 6.07) is 13.7. The van der Waals surface area contributed by atoms with Crippen LogP contribution in [-0.4, -0.2) is 50.1 Å². The summed E-state index contributed by atoms with van der Waals surface area (Å²) in [6.07, 6.45) is 0. The van der Waals surface area contributed by atoms with E-state index in [4.69, 9.17) is 10.5 Å². The minimum atomic E-state index is -0.370. The first-order valence-electron chi connectivity index (χ1n) is 8.79. The van der Waals surface area contributed by atoms with Crippen LogP contribution in [0, 0.1) is 5.82 Å². The third kappa shape index (κ3) is 5.57. The summed E-state index contributed by atoms with van der Waals surface area (Å²) in [5, 5.41) is 0. The number of guanidine groups is 1. The molecule has 0 atom stereocenters. The molecular weight excluding hydrogens is 474 g/mol. The van der Waals surface area contributed by atoms with E-state index in [9.17, 15) is 9.18 Å². The maximum absolute atomic E-state index is 13.1. The van der Waals surface area contributed by atoms with Crippen molar-refractivity contribution in [1.82, 2.24) is 4.90 Å². The van der Waals surface area contributed by atoms with Gasteiger partial charge in [-0.05, 0) is 42.0 Å². The Morgan fingerprint density at radius 1 is 1.14 bits per heavy atom. The molecule has 0 unspecified atom stereocenters. The Kier molecular flexibility index (Phi) is 8.04. The molecule has 1 saturated heterocycles. The predicted octanol–water partition coefficient (Wildman–Crippen LogP) is 2.87. The molecular formula is C20H24FIN4O2. The van der Waals surface area contributed by atoms with Gasteiger partial charge in [-0.25, -0.2) is 14.2 Å². The highest BCUT2D eigenvalue weighted by Gasteiger charge is 2.18. The number of benzene rings is 2. The number of anilines is 1. The fraction of sp³-hybridized carbons (Fsp3) is 0.300. The highest BCUT2D eigenvalue weighted by Crippen LogP contribution is 2.17. The molecule has 1 heterocycles. The lowest BCUT2D eigenvalue weighted by Gasteiger charge is -2.36. The molecule has 2 aromatic carbocycles.